The second kappa shape index (κ2) is 6.95. The van der Waals surface area contributed by atoms with Crippen molar-refractivity contribution >= 4 is 18.3 Å². The predicted octanol–water partition coefficient (Wildman–Crippen LogP) is 1.62. The van der Waals surface area contributed by atoms with Gasteiger partial charge in [-0.1, -0.05) is 0 Å². The third-order valence-electron chi connectivity index (χ3n) is 2.88. The van der Waals surface area contributed by atoms with Crippen LogP contribution in [-0.2, 0) is 0 Å². The van der Waals surface area contributed by atoms with Crippen LogP contribution in [0.5, 0.6) is 5.88 Å². The number of likely N-dealkylation sites (tertiary alicyclic amines) is 1. The number of alkyl halides is 3. The molecule has 0 radical (unpaired) electrons. The first-order valence-corrected chi connectivity index (χ1v) is 6.05. The summed E-state index contributed by atoms with van der Waals surface area (Å²) in [6, 6.07) is 2.61. The number of aromatic nitrogens is 1. The van der Waals surface area contributed by atoms with E-state index in [-0.39, 0.29) is 30.2 Å². The van der Waals surface area contributed by atoms with Gasteiger partial charge in [-0.2, -0.15) is 13.2 Å². The van der Waals surface area contributed by atoms with Crippen LogP contribution in [0.15, 0.2) is 18.3 Å². The first-order chi connectivity index (χ1) is 9.35. The Morgan fingerprint density at radius 1 is 1.48 bits per heavy atom. The topological polar surface area (TPSA) is 68.5 Å². The maximum Gasteiger partial charge on any atom is 0.422 e. The van der Waals surface area contributed by atoms with E-state index in [1.165, 1.54) is 18.3 Å². The molecule has 5 nitrogen and oxygen atoms in total. The third kappa shape index (κ3) is 5.05. The van der Waals surface area contributed by atoms with Gasteiger partial charge in [0, 0.05) is 31.4 Å². The highest BCUT2D eigenvalue weighted by Crippen LogP contribution is 2.18. The van der Waals surface area contributed by atoms with Gasteiger partial charge in [0.15, 0.2) is 6.61 Å². The average Bonchev–Trinajstić information content (AvgIpc) is 2.82. The summed E-state index contributed by atoms with van der Waals surface area (Å²) in [5.74, 6) is -0.398. The lowest BCUT2D eigenvalue weighted by atomic mass is 10.2. The molecule has 0 saturated carbocycles. The molecule has 118 valence electrons. The van der Waals surface area contributed by atoms with E-state index in [0.717, 1.165) is 6.42 Å². The SMILES string of the molecule is Cl.N[C@@H]1CCN(C(=O)c2ccc(OCC(F)(F)F)nc2)C1. The maximum absolute atomic E-state index is 12.0. The molecule has 1 fully saturated rings. The van der Waals surface area contributed by atoms with Gasteiger partial charge in [-0.25, -0.2) is 4.98 Å². The summed E-state index contributed by atoms with van der Waals surface area (Å²) in [5, 5.41) is 0. The van der Waals surface area contributed by atoms with Crippen molar-refractivity contribution in [1.29, 1.82) is 0 Å². The Labute approximate surface area is 125 Å². The Bertz CT molecular complexity index is 482. The number of carbonyl (C=O) groups is 1. The van der Waals surface area contributed by atoms with Crippen LogP contribution in [0.25, 0.3) is 0 Å². The maximum atomic E-state index is 12.0. The summed E-state index contributed by atoms with van der Waals surface area (Å²) >= 11 is 0. The Balaban J connectivity index is 0.00000220. The zero-order chi connectivity index (χ0) is 14.8. The number of carbonyl (C=O) groups excluding carboxylic acids is 1. The normalized spacial score (nSPS) is 18.3. The molecule has 1 aromatic rings. The highest BCUT2D eigenvalue weighted by molar-refractivity contribution is 5.94. The van der Waals surface area contributed by atoms with E-state index in [2.05, 4.69) is 9.72 Å². The molecule has 1 aliphatic heterocycles. The number of ether oxygens (including phenoxy) is 1. The predicted molar refractivity (Wildman–Crippen MR) is 71.5 cm³/mol. The van der Waals surface area contributed by atoms with E-state index in [4.69, 9.17) is 5.73 Å². The molecule has 1 saturated heterocycles. The van der Waals surface area contributed by atoms with Crippen molar-refractivity contribution in [3.63, 3.8) is 0 Å². The Kier molecular flexibility index (Phi) is 5.79. The van der Waals surface area contributed by atoms with Gasteiger partial charge < -0.3 is 15.4 Å². The summed E-state index contributed by atoms with van der Waals surface area (Å²) in [7, 11) is 0. The number of amides is 1. The Morgan fingerprint density at radius 2 is 2.19 bits per heavy atom. The van der Waals surface area contributed by atoms with Crippen LogP contribution in [0, 0.1) is 0 Å². The minimum absolute atomic E-state index is 0. The van der Waals surface area contributed by atoms with Crippen molar-refractivity contribution in [3.8, 4) is 5.88 Å². The van der Waals surface area contributed by atoms with Gasteiger partial charge in [0.25, 0.3) is 5.91 Å². The summed E-state index contributed by atoms with van der Waals surface area (Å²) in [6.07, 6.45) is -2.47. The van der Waals surface area contributed by atoms with Crippen molar-refractivity contribution < 1.29 is 22.7 Å². The fraction of sp³-hybridized carbons (Fsp3) is 0.500. The van der Waals surface area contributed by atoms with Gasteiger partial charge in [-0.15, -0.1) is 12.4 Å². The molecule has 9 heteroatoms. The zero-order valence-corrected chi connectivity index (χ0v) is 11.8. The van der Waals surface area contributed by atoms with Crippen molar-refractivity contribution in [2.24, 2.45) is 5.73 Å². The van der Waals surface area contributed by atoms with Gasteiger partial charge in [0.1, 0.15) is 0 Å². The smallest absolute Gasteiger partial charge is 0.422 e. The lowest BCUT2D eigenvalue weighted by Crippen LogP contribution is -2.31. The molecular weight excluding hydrogens is 311 g/mol. The highest BCUT2D eigenvalue weighted by Gasteiger charge is 2.29. The van der Waals surface area contributed by atoms with E-state index < -0.39 is 12.8 Å². The molecule has 2 heterocycles. The first-order valence-electron chi connectivity index (χ1n) is 6.05. The number of nitrogens with zero attached hydrogens (tertiary/aromatic N) is 2. The first kappa shape index (κ1) is 17.5. The summed E-state index contributed by atoms with van der Waals surface area (Å²) in [6.45, 7) is -0.355. The summed E-state index contributed by atoms with van der Waals surface area (Å²) in [5.41, 5.74) is 6.01. The van der Waals surface area contributed by atoms with Gasteiger partial charge in [-0.05, 0) is 12.5 Å². The van der Waals surface area contributed by atoms with E-state index in [0.29, 0.717) is 18.7 Å². The standard InChI is InChI=1S/C12H14F3N3O2.ClH/c13-12(14,15)7-20-10-2-1-8(5-17-10)11(19)18-4-3-9(16)6-18;/h1-2,5,9H,3-4,6-7,16H2;1H/t9-;/m1./s1. The van der Waals surface area contributed by atoms with Crippen molar-refractivity contribution in [2.75, 3.05) is 19.7 Å². The molecule has 2 rings (SSSR count). The van der Waals surface area contributed by atoms with E-state index in [9.17, 15) is 18.0 Å². The van der Waals surface area contributed by atoms with Gasteiger partial charge in [0.05, 0.1) is 5.56 Å². The van der Waals surface area contributed by atoms with Gasteiger partial charge in [0.2, 0.25) is 5.88 Å². The zero-order valence-electron chi connectivity index (χ0n) is 11.0. The summed E-state index contributed by atoms with van der Waals surface area (Å²) in [4.78, 5) is 17.3. The molecule has 1 atom stereocenters. The molecule has 1 aliphatic rings. The second-order valence-electron chi connectivity index (χ2n) is 4.59. The number of hydrogen-bond donors (Lipinski definition) is 1. The number of pyridine rings is 1. The number of nitrogens with two attached hydrogens (primary N) is 1. The monoisotopic (exact) mass is 325 g/mol. The lowest BCUT2D eigenvalue weighted by molar-refractivity contribution is -0.154. The van der Waals surface area contributed by atoms with E-state index in [1.54, 1.807) is 4.90 Å². The van der Waals surface area contributed by atoms with Gasteiger partial charge >= 0.3 is 6.18 Å². The van der Waals surface area contributed by atoms with Gasteiger partial charge in [-0.3, -0.25) is 4.79 Å². The van der Waals surface area contributed by atoms with Crippen LogP contribution in [0.2, 0.25) is 0 Å². The van der Waals surface area contributed by atoms with Crippen LogP contribution in [0.3, 0.4) is 0 Å². The largest absolute Gasteiger partial charge is 0.468 e. The van der Waals surface area contributed by atoms with Crippen molar-refractivity contribution in [3.05, 3.63) is 23.9 Å². The molecule has 1 amide bonds. The van der Waals surface area contributed by atoms with Crippen LogP contribution in [0.1, 0.15) is 16.8 Å². The highest BCUT2D eigenvalue weighted by atomic mass is 35.5. The molecule has 2 N–H and O–H groups in total. The third-order valence-corrected chi connectivity index (χ3v) is 2.88. The van der Waals surface area contributed by atoms with Crippen LogP contribution in [0.4, 0.5) is 13.2 Å². The molecular formula is C12H15ClF3N3O2. The van der Waals surface area contributed by atoms with Crippen LogP contribution >= 0.6 is 12.4 Å². The van der Waals surface area contributed by atoms with Crippen molar-refractivity contribution in [2.45, 2.75) is 18.6 Å². The van der Waals surface area contributed by atoms with Crippen LogP contribution in [-0.4, -0.2) is 47.7 Å². The second-order valence-corrected chi connectivity index (χ2v) is 4.59. The number of rotatable bonds is 3. The Morgan fingerprint density at radius 3 is 2.67 bits per heavy atom. The fourth-order valence-electron chi connectivity index (χ4n) is 1.90. The Hall–Kier alpha value is -1.54. The van der Waals surface area contributed by atoms with Crippen molar-refractivity contribution in [1.82, 2.24) is 9.88 Å². The molecule has 0 spiro atoms. The van der Waals surface area contributed by atoms with E-state index in [1.807, 2.05) is 0 Å². The average molecular weight is 326 g/mol. The minimum Gasteiger partial charge on any atom is -0.468 e. The van der Waals surface area contributed by atoms with Crippen LogP contribution < -0.4 is 10.5 Å². The number of hydrogen-bond acceptors (Lipinski definition) is 4. The molecule has 1 aromatic heterocycles. The molecule has 0 unspecified atom stereocenters. The molecule has 21 heavy (non-hydrogen) atoms. The molecule has 0 aromatic carbocycles. The number of halogens is 4. The minimum atomic E-state index is -4.41. The molecule has 0 aliphatic carbocycles. The summed E-state index contributed by atoms with van der Waals surface area (Å²) < 4.78 is 40.4. The lowest BCUT2D eigenvalue weighted by Gasteiger charge is -2.15. The fourth-order valence-corrected chi connectivity index (χ4v) is 1.90. The van der Waals surface area contributed by atoms with E-state index >= 15 is 0 Å². The molecule has 0 bridgehead atoms. The quantitative estimate of drug-likeness (QED) is 0.917.